The summed E-state index contributed by atoms with van der Waals surface area (Å²) in [4.78, 5) is 54.5. The Balaban J connectivity index is 1.41. The summed E-state index contributed by atoms with van der Waals surface area (Å²) in [6.07, 6.45) is 4.85. The van der Waals surface area contributed by atoms with Gasteiger partial charge in [-0.3, -0.25) is 28.5 Å². The number of rotatable bonds is 4. The van der Waals surface area contributed by atoms with Crippen LogP contribution in [0.2, 0.25) is 0 Å². The van der Waals surface area contributed by atoms with E-state index in [0.717, 1.165) is 22.2 Å². The highest BCUT2D eigenvalue weighted by Crippen LogP contribution is 2.37. The van der Waals surface area contributed by atoms with Crippen molar-refractivity contribution in [1.29, 1.82) is 0 Å². The summed E-state index contributed by atoms with van der Waals surface area (Å²) in [6.45, 7) is -0.603. The van der Waals surface area contributed by atoms with Crippen molar-refractivity contribution in [3.05, 3.63) is 44.9 Å². The summed E-state index contributed by atoms with van der Waals surface area (Å²) in [7, 11) is 0. The molecule has 1 saturated carbocycles. The van der Waals surface area contributed by atoms with Crippen LogP contribution in [0.5, 0.6) is 0 Å². The van der Waals surface area contributed by atoms with E-state index in [1.54, 1.807) is 18.3 Å². The van der Waals surface area contributed by atoms with Crippen LogP contribution in [0.4, 0.5) is 0 Å². The fourth-order valence-corrected chi connectivity index (χ4v) is 4.25. The third-order valence-electron chi connectivity index (χ3n) is 5.28. The van der Waals surface area contributed by atoms with Crippen molar-refractivity contribution in [1.82, 2.24) is 14.3 Å². The van der Waals surface area contributed by atoms with Crippen LogP contribution >= 0.6 is 15.9 Å². The van der Waals surface area contributed by atoms with E-state index >= 15 is 0 Å². The third kappa shape index (κ3) is 3.46. The van der Waals surface area contributed by atoms with Gasteiger partial charge in [-0.25, -0.2) is 4.98 Å². The molecule has 0 unspecified atom stereocenters. The number of carbonyl (C=O) groups excluding carboxylic acids is 3. The molecule has 3 heterocycles. The summed E-state index contributed by atoms with van der Waals surface area (Å²) in [5.74, 6) is -1.84. The molecule has 0 N–H and O–H groups in total. The second-order valence-electron chi connectivity index (χ2n) is 7.08. The van der Waals surface area contributed by atoms with Crippen molar-refractivity contribution in [2.75, 3.05) is 6.54 Å². The van der Waals surface area contributed by atoms with E-state index < -0.39 is 12.5 Å². The Bertz CT molecular complexity index is 1010. The SMILES string of the molecule is O=C(CN1C(=O)[C@H]2CCCC[C@H]2C1=O)OCc1cc(=O)n2cc(Br)ccc2n1. The quantitative estimate of drug-likeness (QED) is 0.522. The second-order valence-corrected chi connectivity index (χ2v) is 8.00. The molecule has 1 aliphatic carbocycles. The first-order valence-corrected chi connectivity index (χ1v) is 9.92. The zero-order valence-electron chi connectivity index (χ0n) is 15.0. The maximum absolute atomic E-state index is 12.4. The number of fused-ring (bicyclic) bond motifs is 2. The summed E-state index contributed by atoms with van der Waals surface area (Å²) in [5.41, 5.74) is 0.426. The van der Waals surface area contributed by atoms with Crippen molar-refractivity contribution < 1.29 is 19.1 Å². The molecule has 2 amide bonds. The van der Waals surface area contributed by atoms with Crippen molar-refractivity contribution in [3.63, 3.8) is 0 Å². The van der Waals surface area contributed by atoms with Gasteiger partial charge in [-0.2, -0.15) is 0 Å². The summed E-state index contributed by atoms with van der Waals surface area (Å²) >= 11 is 3.29. The first kappa shape index (κ1) is 18.8. The fourth-order valence-electron chi connectivity index (χ4n) is 3.92. The zero-order valence-corrected chi connectivity index (χ0v) is 16.6. The molecule has 2 atom stereocenters. The van der Waals surface area contributed by atoms with Crippen LogP contribution in [0.15, 0.2) is 33.7 Å². The molecule has 8 nitrogen and oxygen atoms in total. The normalized spacial score (nSPS) is 21.8. The molecule has 0 radical (unpaired) electrons. The van der Waals surface area contributed by atoms with E-state index in [0.29, 0.717) is 24.2 Å². The number of carbonyl (C=O) groups is 3. The first-order chi connectivity index (χ1) is 13.4. The molecule has 9 heteroatoms. The van der Waals surface area contributed by atoms with Gasteiger partial charge in [0, 0.05) is 16.7 Å². The molecule has 146 valence electrons. The maximum Gasteiger partial charge on any atom is 0.326 e. The zero-order chi connectivity index (χ0) is 19.8. The highest BCUT2D eigenvalue weighted by atomic mass is 79.9. The molecule has 2 aromatic rings. The topological polar surface area (TPSA) is 98.0 Å². The average Bonchev–Trinajstić information content (AvgIpc) is 2.92. The van der Waals surface area contributed by atoms with Crippen LogP contribution in [0.1, 0.15) is 31.4 Å². The Morgan fingerprint density at radius 3 is 2.50 bits per heavy atom. The molecule has 1 aliphatic heterocycles. The number of pyridine rings is 1. The van der Waals surface area contributed by atoms with E-state index in [1.807, 2.05) is 0 Å². The van der Waals surface area contributed by atoms with Gasteiger partial charge < -0.3 is 4.74 Å². The van der Waals surface area contributed by atoms with Crippen molar-refractivity contribution in [2.45, 2.75) is 32.3 Å². The van der Waals surface area contributed by atoms with Crippen LogP contribution in [-0.4, -0.2) is 38.6 Å². The number of likely N-dealkylation sites (tertiary alicyclic amines) is 1. The fraction of sp³-hybridized carbons (Fsp3) is 0.421. The van der Waals surface area contributed by atoms with Gasteiger partial charge in [0.1, 0.15) is 18.8 Å². The number of nitrogens with zero attached hydrogens (tertiary/aromatic N) is 3. The van der Waals surface area contributed by atoms with Gasteiger partial charge in [0.05, 0.1) is 17.5 Å². The van der Waals surface area contributed by atoms with Gasteiger partial charge in [0.25, 0.3) is 5.56 Å². The molecule has 28 heavy (non-hydrogen) atoms. The molecule has 0 bridgehead atoms. The van der Waals surface area contributed by atoms with E-state index in [1.165, 1.54) is 10.5 Å². The van der Waals surface area contributed by atoms with Gasteiger partial charge in [-0.15, -0.1) is 0 Å². The highest BCUT2D eigenvalue weighted by molar-refractivity contribution is 9.10. The van der Waals surface area contributed by atoms with Crippen LogP contribution in [0.3, 0.4) is 0 Å². The minimum Gasteiger partial charge on any atom is -0.458 e. The number of halogens is 1. The lowest BCUT2D eigenvalue weighted by atomic mass is 9.81. The van der Waals surface area contributed by atoms with Gasteiger partial charge >= 0.3 is 5.97 Å². The van der Waals surface area contributed by atoms with Crippen LogP contribution in [0.25, 0.3) is 5.65 Å². The first-order valence-electron chi connectivity index (χ1n) is 9.13. The molecule has 4 rings (SSSR count). The number of aromatic nitrogens is 2. The lowest BCUT2D eigenvalue weighted by Crippen LogP contribution is -2.36. The Morgan fingerprint density at radius 1 is 1.14 bits per heavy atom. The van der Waals surface area contributed by atoms with Crippen molar-refractivity contribution in [3.8, 4) is 0 Å². The average molecular weight is 448 g/mol. The number of hydrogen-bond donors (Lipinski definition) is 0. The smallest absolute Gasteiger partial charge is 0.326 e. The molecular formula is C19H18BrN3O5. The van der Waals surface area contributed by atoms with Crippen LogP contribution in [0, 0.1) is 11.8 Å². The summed E-state index contributed by atoms with van der Waals surface area (Å²) in [5, 5.41) is 0. The predicted molar refractivity (Wildman–Crippen MR) is 101 cm³/mol. The minimum absolute atomic E-state index is 0.205. The number of imide groups is 1. The second kappa shape index (κ2) is 7.46. The van der Waals surface area contributed by atoms with E-state index in [4.69, 9.17) is 4.74 Å². The van der Waals surface area contributed by atoms with E-state index in [9.17, 15) is 19.2 Å². The number of ether oxygens (including phenoxy) is 1. The molecule has 1 saturated heterocycles. The lowest BCUT2D eigenvalue weighted by Gasteiger charge is -2.19. The number of esters is 1. The Morgan fingerprint density at radius 2 is 1.82 bits per heavy atom. The highest BCUT2D eigenvalue weighted by Gasteiger charge is 2.48. The standard InChI is InChI=1S/C19H18BrN3O5/c20-11-5-6-15-21-12(7-16(24)22(15)8-11)10-28-17(25)9-23-18(26)13-3-1-2-4-14(13)19(23)27/h5-8,13-14H,1-4,9-10H2/t13-,14+. The molecule has 0 aromatic carbocycles. The molecule has 2 fully saturated rings. The Hall–Kier alpha value is -2.55. The van der Waals surface area contributed by atoms with Crippen LogP contribution < -0.4 is 5.56 Å². The largest absolute Gasteiger partial charge is 0.458 e. The van der Waals surface area contributed by atoms with Gasteiger partial charge in [-0.1, -0.05) is 12.8 Å². The molecular weight excluding hydrogens is 430 g/mol. The maximum atomic E-state index is 12.4. The molecule has 0 spiro atoms. The summed E-state index contributed by atoms with van der Waals surface area (Å²) in [6, 6.07) is 4.70. The van der Waals surface area contributed by atoms with Gasteiger partial charge in [0.15, 0.2) is 0 Å². The summed E-state index contributed by atoms with van der Waals surface area (Å²) < 4.78 is 7.28. The monoisotopic (exact) mass is 447 g/mol. The van der Waals surface area contributed by atoms with Crippen molar-refractivity contribution in [2.24, 2.45) is 11.8 Å². The predicted octanol–water partition coefficient (Wildman–Crippen LogP) is 1.68. The van der Waals surface area contributed by atoms with Crippen LogP contribution in [-0.2, 0) is 25.7 Å². The third-order valence-corrected chi connectivity index (χ3v) is 5.75. The molecule has 2 aromatic heterocycles. The number of hydrogen-bond acceptors (Lipinski definition) is 6. The van der Waals surface area contributed by atoms with E-state index in [2.05, 4.69) is 20.9 Å². The minimum atomic E-state index is -0.696. The van der Waals surface area contributed by atoms with Gasteiger partial charge in [-0.05, 0) is 40.9 Å². The number of amides is 2. The van der Waals surface area contributed by atoms with E-state index in [-0.39, 0.29) is 35.8 Å². The Kier molecular flexibility index (Phi) is 5.01. The van der Waals surface area contributed by atoms with Gasteiger partial charge in [0.2, 0.25) is 11.8 Å². The Labute approximate surface area is 168 Å². The van der Waals surface area contributed by atoms with Crippen molar-refractivity contribution >= 4 is 39.4 Å². The molecule has 2 aliphatic rings. The lowest BCUT2D eigenvalue weighted by molar-refractivity contribution is -0.153.